The molecule has 2 aliphatic rings. The Balaban J connectivity index is 1.85. The molecule has 0 radical (unpaired) electrons. The molecule has 1 aromatic rings. The number of hydrogen-bond donors (Lipinski definition) is 1. The van der Waals surface area contributed by atoms with E-state index in [4.69, 9.17) is 4.74 Å². The highest BCUT2D eigenvalue weighted by atomic mass is 16.5. The van der Waals surface area contributed by atoms with Crippen molar-refractivity contribution >= 4 is 0 Å². The summed E-state index contributed by atoms with van der Waals surface area (Å²) in [4.78, 5) is 0. The summed E-state index contributed by atoms with van der Waals surface area (Å²) in [5.41, 5.74) is 0.785. The normalized spacial score (nSPS) is 32.2. The molecule has 0 amide bonds. The number of aliphatic hydroxyl groups is 1. The van der Waals surface area contributed by atoms with Gasteiger partial charge in [0, 0.05) is 0 Å². The number of para-hydroxylation sites is 1. The molecule has 0 bridgehead atoms. The predicted octanol–water partition coefficient (Wildman–Crippen LogP) is 4.27. The van der Waals surface area contributed by atoms with Crippen molar-refractivity contribution in [3.8, 4) is 5.75 Å². The van der Waals surface area contributed by atoms with Crippen molar-refractivity contribution in [1.82, 2.24) is 0 Å². The van der Waals surface area contributed by atoms with Crippen LogP contribution in [-0.4, -0.2) is 17.3 Å². The molecular formula is C18H26O2. The topological polar surface area (TPSA) is 29.5 Å². The van der Waals surface area contributed by atoms with Crippen molar-refractivity contribution in [3.05, 3.63) is 29.8 Å². The molecule has 0 aromatic heterocycles. The van der Waals surface area contributed by atoms with Crippen molar-refractivity contribution in [2.75, 3.05) is 6.61 Å². The van der Waals surface area contributed by atoms with Gasteiger partial charge < -0.3 is 9.84 Å². The average Bonchev–Trinajstić information content (AvgIpc) is 2.43. The first-order valence-corrected chi connectivity index (χ1v) is 7.96. The monoisotopic (exact) mass is 274 g/mol. The number of ether oxygens (including phenoxy) is 1. The fourth-order valence-corrected chi connectivity index (χ4v) is 3.97. The maximum Gasteiger partial charge on any atom is 0.122 e. The minimum atomic E-state index is -0.527. The Kier molecular flexibility index (Phi) is 3.53. The van der Waals surface area contributed by atoms with Crippen LogP contribution in [-0.2, 0) is 0 Å². The lowest BCUT2D eigenvalue weighted by atomic mass is 9.61. The number of hydrogen-bond acceptors (Lipinski definition) is 2. The molecule has 0 spiro atoms. The summed E-state index contributed by atoms with van der Waals surface area (Å²) in [6.45, 7) is 5.24. The molecule has 110 valence electrons. The van der Waals surface area contributed by atoms with Crippen LogP contribution >= 0.6 is 0 Å². The highest BCUT2D eigenvalue weighted by molar-refractivity contribution is 5.38. The summed E-state index contributed by atoms with van der Waals surface area (Å²) in [6.07, 6.45) is 6.38. The molecule has 2 atom stereocenters. The predicted molar refractivity (Wildman–Crippen MR) is 81.1 cm³/mol. The van der Waals surface area contributed by atoms with Crippen molar-refractivity contribution in [3.63, 3.8) is 0 Å². The molecule has 1 saturated carbocycles. The van der Waals surface area contributed by atoms with Gasteiger partial charge in [-0.05, 0) is 48.6 Å². The van der Waals surface area contributed by atoms with Gasteiger partial charge in [0.25, 0.3) is 0 Å². The zero-order chi connectivity index (χ0) is 14.2. The van der Waals surface area contributed by atoms with E-state index in [0.29, 0.717) is 5.92 Å². The number of fused-ring (bicyclic) bond motifs is 1. The Labute approximate surface area is 122 Å². The van der Waals surface area contributed by atoms with E-state index < -0.39 is 5.60 Å². The Bertz CT molecular complexity index is 480. The SMILES string of the molecule is CC1(C)CCCCC1(O)CC1CCOc2ccccc21. The average molecular weight is 274 g/mol. The molecule has 3 rings (SSSR count). The summed E-state index contributed by atoms with van der Waals surface area (Å²) < 4.78 is 5.75. The molecular weight excluding hydrogens is 248 g/mol. The van der Waals surface area contributed by atoms with Crippen LogP contribution in [0.2, 0.25) is 0 Å². The smallest absolute Gasteiger partial charge is 0.122 e. The summed E-state index contributed by atoms with van der Waals surface area (Å²) in [5.74, 6) is 1.45. The van der Waals surface area contributed by atoms with Crippen LogP contribution in [0.4, 0.5) is 0 Å². The van der Waals surface area contributed by atoms with Crippen LogP contribution in [0.3, 0.4) is 0 Å². The lowest BCUT2D eigenvalue weighted by molar-refractivity contribution is -0.108. The molecule has 1 aliphatic carbocycles. The van der Waals surface area contributed by atoms with Gasteiger partial charge in [0.1, 0.15) is 5.75 Å². The Morgan fingerprint density at radius 3 is 2.75 bits per heavy atom. The number of benzene rings is 1. The van der Waals surface area contributed by atoms with E-state index in [1.165, 1.54) is 12.0 Å². The molecule has 2 heteroatoms. The van der Waals surface area contributed by atoms with Gasteiger partial charge in [-0.1, -0.05) is 44.9 Å². The number of rotatable bonds is 2. The van der Waals surface area contributed by atoms with E-state index in [9.17, 15) is 5.11 Å². The first-order chi connectivity index (χ1) is 9.52. The second-order valence-electron chi connectivity index (χ2n) is 7.20. The molecule has 20 heavy (non-hydrogen) atoms. The second-order valence-corrected chi connectivity index (χ2v) is 7.20. The largest absolute Gasteiger partial charge is 0.493 e. The first-order valence-electron chi connectivity index (χ1n) is 7.96. The van der Waals surface area contributed by atoms with Crippen LogP contribution in [0.25, 0.3) is 0 Å². The second kappa shape index (κ2) is 5.07. The van der Waals surface area contributed by atoms with E-state index in [1.54, 1.807) is 0 Å². The zero-order valence-electron chi connectivity index (χ0n) is 12.7. The quantitative estimate of drug-likeness (QED) is 0.872. The fourth-order valence-electron chi connectivity index (χ4n) is 3.97. The summed E-state index contributed by atoms with van der Waals surface area (Å²) in [6, 6.07) is 8.33. The van der Waals surface area contributed by atoms with Gasteiger partial charge in [-0.25, -0.2) is 0 Å². The minimum absolute atomic E-state index is 0.0263. The van der Waals surface area contributed by atoms with Gasteiger partial charge in [0.05, 0.1) is 12.2 Å². The van der Waals surface area contributed by atoms with Crippen LogP contribution < -0.4 is 4.74 Å². The van der Waals surface area contributed by atoms with Gasteiger partial charge in [0.15, 0.2) is 0 Å². The highest BCUT2D eigenvalue weighted by Gasteiger charge is 2.46. The van der Waals surface area contributed by atoms with E-state index in [-0.39, 0.29) is 5.41 Å². The van der Waals surface area contributed by atoms with Gasteiger partial charge in [-0.15, -0.1) is 0 Å². The van der Waals surface area contributed by atoms with Crippen LogP contribution in [0, 0.1) is 5.41 Å². The van der Waals surface area contributed by atoms with Gasteiger partial charge in [0.2, 0.25) is 0 Å². The van der Waals surface area contributed by atoms with Gasteiger partial charge in [-0.2, -0.15) is 0 Å². The molecule has 1 heterocycles. The third-order valence-electron chi connectivity index (χ3n) is 5.57. The van der Waals surface area contributed by atoms with Gasteiger partial charge in [-0.3, -0.25) is 0 Å². The summed E-state index contributed by atoms with van der Waals surface area (Å²) in [5, 5.41) is 11.2. The van der Waals surface area contributed by atoms with Crippen LogP contribution in [0.15, 0.2) is 24.3 Å². The van der Waals surface area contributed by atoms with E-state index in [1.807, 2.05) is 6.07 Å². The molecule has 1 aromatic carbocycles. The molecule has 0 saturated heterocycles. The highest BCUT2D eigenvalue weighted by Crippen LogP contribution is 2.50. The van der Waals surface area contributed by atoms with Crippen LogP contribution in [0.1, 0.15) is 63.9 Å². The molecule has 2 nitrogen and oxygen atoms in total. The standard InChI is InChI=1S/C18H26O2/c1-17(2)10-5-6-11-18(17,19)13-14-9-12-20-16-8-4-3-7-15(14)16/h3-4,7-8,14,19H,5-6,9-13H2,1-2H3. The van der Waals surface area contributed by atoms with Crippen molar-refractivity contribution in [1.29, 1.82) is 0 Å². The Morgan fingerprint density at radius 2 is 1.95 bits per heavy atom. The molecule has 1 aliphatic heterocycles. The fraction of sp³-hybridized carbons (Fsp3) is 0.667. The first kappa shape index (κ1) is 13.9. The van der Waals surface area contributed by atoms with Gasteiger partial charge >= 0.3 is 0 Å². The van der Waals surface area contributed by atoms with E-state index >= 15 is 0 Å². The maximum atomic E-state index is 11.2. The minimum Gasteiger partial charge on any atom is -0.493 e. The van der Waals surface area contributed by atoms with Crippen molar-refractivity contribution < 1.29 is 9.84 Å². The zero-order valence-corrected chi connectivity index (χ0v) is 12.7. The van der Waals surface area contributed by atoms with Crippen molar-refractivity contribution in [2.45, 2.75) is 63.9 Å². The van der Waals surface area contributed by atoms with Crippen LogP contribution in [0.5, 0.6) is 5.75 Å². The molecule has 1 N–H and O–H groups in total. The molecule has 2 unspecified atom stereocenters. The Morgan fingerprint density at radius 1 is 1.20 bits per heavy atom. The third-order valence-corrected chi connectivity index (χ3v) is 5.57. The summed E-state index contributed by atoms with van der Waals surface area (Å²) in [7, 11) is 0. The third kappa shape index (κ3) is 2.35. The van der Waals surface area contributed by atoms with E-state index in [2.05, 4.69) is 32.0 Å². The van der Waals surface area contributed by atoms with Crippen molar-refractivity contribution in [2.24, 2.45) is 5.41 Å². The summed E-state index contributed by atoms with van der Waals surface area (Å²) >= 11 is 0. The lowest BCUT2D eigenvalue weighted by Crippen LogP contribution is -2.48. The maximum absolute atomic E-state index is 11.2. The lowest BCUT2D eigenvalue weighted by Gasteiger charge is -2.48. The molecule has 1 fully saturated rings. The van der Waals surface area contributed by atoms with E-state index in [0.717, 1.165) is 44.5 Å². The Hall–Kier alpha value is -1.02.